The number of carbonyl (C=O) groups is 5. The lowest BCUT2D eigenvalue weighted by atomic mass is 10.1. The van der Waals surface area contributed by atoms with E-state index in [1.54, 1.807) is 54.6 Å². The minimum Gasteiger partial charge on any atom is -0.452 e. The van der Waals surface area contributed by atoms with E-state index in [0.717, 1.165) is 22.2 Å². The summed E-state index contributed by atoms with van der Waals surface area (Å²) in [6.45, 7) is 1.08. The molecule has 3 aromatic carbocycles. The predicted octanol–water partition coefficient (Wildman–Crippen LogP) is 4.47. The summed E-state index contributed by atoms with van der Waals surface area (Å²) in [5.74, 6) is -2.21. The Morgan fingerprint density at radius 1 is 0.842 bits per heavy atom. The summed E-state index contributed by atoms with van der Waals surface area (Å²) in [6.07, 6.45) is 1.50. The lowest BCUT2D eigenvalue weighted by molar-refractivity contribution is -0.127. The first-order valence-corrected chi connectivity index (χ1v) is 12.3. The van der Waals surface area contributed by atoms with Crippen molar-refractivity contribution in [3.05, 3.63) is 100 Å². The first-order valence-electron chi connectivity index (χ1n) is 11.5. The van der Waals surface area contributed by atoms with Crippen LogP contribution in [0.2, 0.25) is 0 Å². The summed E-state index contributed by atoms with van der Waals surface area (Å²) in [6, 6.07) is 22.1. The van der Waals surface area contributed by atoms with E-state index in [1.165, 1.54) is 18.2 Å². The lowest BCUT2D eigenvalue weighted by Crippen LogP contribution is -2.36. The van der Waals surface area contributed by atoms with E-state index in [9.17, 15) is 24.0 Å². The van der Waals surface area contributed by atoms with Gasteiger partial charge in [-0.1, -0.05) is 48.0 Å². The van der Waals surface area contributed by atoms with Crippen molar-refractivity contribution in [2.45, 2.75) is 6.92 Å². The van der Waals surface area contributed by atoms with Crippen LogP contribution >= 0.6 is 11.8 Å². The van der Waals surface area contributed by atoms with Gasteiger partial charge in [-0.2, -0.15) is 0 Å². The molecule has 1 fully saturated rings. The monoisotopic (exact) mass is 529 g/mol. The number of benzene rings is 3. The molecule has 4 rings (SSSR count). The van der Waals surface area contributed by atoms with Crippen LogP contribution in [-0.4, -0.2) is 47.0 Å². The molecule has 1 aliphatic heterocycles. The number of aryl methyl sites for hydroxylation is 1. The minimum atomic E-state index is -0.680. The number of carbonyl (C=O) groups excluding carboxylic acids is 5. The number of para-hydroxylation sites is 1. The molecule has 0 saturated carbocycles. The molecule has 1 heterocycles. The van der Waals surface area contributed by atoms with Crippen molar-refractivity contribution >= 4 is 58.1 Å². The molecule has 3 aromatic rings. The van der Waals surface area contributed by atoms with Crippen LogP contribution in [-0.2, 0) is 19.1 Å². The summed E-state index contributed by atoms with van der Waals surface area (Å²) in [5.41, 5.74) is 3.00. The standard InChI is InChI=1S/C28H23N3O6S/c1-18-7-13-22(14-8-18)30-25(33)17-37-27(35)20-11-9-19(10-12-20)15-23-26(34)31(28(36)38-23)16-24(32)29-21-5-3-2-4-6-21/h2-15H,16-17H2,1H3,(H,29,32)(H,30,33)/b23-15-. The van der Waals surface area contributed by atoms with Gasteiger partial charge in [-0.05, 0) is 66.7 Å². The molecule has 2 N–H and O–H groups in total. The number of ether oxygens (including phenoxy) is 1. The highest BCUT2D eigenvalue weighted by Crippen LogP contribution is 2.32. The van der Waals surface area contributed by atoms with Crippen molar-refractivity contribution in [3.8, 4) is 0 Å². The smallest absolute Gasteiger partial charge is 0.338 e. The topological polar surface area (TPSA) is 122 Å². The molecule has 192 valence electrons. The van der Waals surface area contributed by atoms with Gasteiger partial charge in [-0.15, -0.1) is 0 Å². The molecule has 0 spiro atoms. The molecule has 38 heavy (non-hydrogen) atoms. The number of hydrogen-bond acceptors (Lipinski definition) is 7. The maximum Gasteiger partial charge on any atom is 0.338 e. The highest BCUT2D eigenvalue weighted by molar-refractivity contribution is 8.18. The molecule has 0 atom stereocenters. The van der Waals surface area contributed by atoms with Gasteiger partial charge in [-0.3, -0.25) is 24.1 Å². The molecule has 0 aromatic heterocycles. The van der Waals surface area contributed by atoms with Crippen molar-refractivity contribution in [2.24, 2.45) is 0 Å². The maximum absolute atomic E-state index is 12.7. The molecule has 9 nitrogen and oxygen atoms in total. The third-order valence-electron chi connectivity index (χ3n) is 5.35. The number of hydrogen-bond donors (Lipinski definition) is 2. The van der Waals surface area contributed by atoms with Crippen LogP contribution < -0.4 is 10.6 Å². The Bertz CT molecular complexity index is 1400. The normalized spacial score (nSPS) is 13.9. The highest BCUT2D eigenvalue weighted by atomic mass is 32.2. The zero-order valence-electron chi connectivity index (χ0n) is 20.3. The van der Waals surface area contributed by atoms with Gasteiger partial charge in [0.1, 0.15) is 6.54 Å². The number of imide groups is 1. The number of nitrogens with one attached hydrogen (secondary N) is 2. The first kappa shape index (κ1) is 26.4. The number of thioether (sulfide) groups is 1. The van der Waals surface area contributed by atoms with Crippen LogP contribution in [0.1, 0.15) is 21.5 Å². The van der Waals surface area contributed by atoms with Crippen LogP contribution in [0, 0.1) is 6.92 Å². The van der Waals surface area contributed by atoms with Crippen LogP contribution in [0.4, 0.5) is 16.2 Å². The largest absolute Gasteiger partial charge is 0.452 e. The summed E-state index contributed by atoms with van der Waals surface area (Å²) in [5, 5.41) is 4.74. The first-order chi connectivity index (χ1) is 18.3. The number of rotatable bonds is 8. The fourth-order valence-corrected chi connectivity index (χ4v) is 4.26. The second-order valence-corrected chi connectivity index (χ2v) is 9.29. The molecule has 0 bridgehead atoms. The lowest BCUT2D eigenvalue weighted by Gasteiger charge is -2.12. The third kappa shape index (κ3) is 6.95. The number of amides is 4. The van der Waals surface area contributed by atoms with Gasteiger partial charge < -0.3 is 15.4 Å². The molecule has 1 aliphatic rings. The number of anilines is 2. The van der Waals surface area contributed by atoms with Crippen LogP contribution in [0.25, 0.3) is 6.08 Å². The van der Waals surface area contributed by atoms with E-state index in [0.29, 0.717) is 16.9 Å². The second-order valence-electron chi connectivity index (χ2n) is 8.29. The van der Waals surface area contributed by atoms with E-state index >= 15 is 0 Å². The van der Waals surface area contributed by atoms with Gasteiger partial charge in [0.2, 0.25) is 5.91 Å². The van der Waals surface area contributed by atoms with Crippen molar-refractivity contribution in [1.82, 2.24) is 4.90 Å². The Labute approximate surface area is 222 Å². The Kier molecular flexibility index (Phi) is 8.34. The summed E-state index contributed by atoms with van der Waals surface area (Å²) in [4.78, 5) is 62.7. The molecule has 0 aliphatic carbocycles. The zero-order chi connectivity index (χ0) is 27.1. The molecular formula is C28H23N3O6S. The Balaban J connectivity index is 1.30. The van der Waals surface area contributed by atoms with Crippen LogP contribution in [0.3, 0.4) is 0 Å². The van der Waals surface area contributed by atoms with E-state index in [1.807, 2.05) is 19.1 Å². The molecule has 1 saturated heterocycles. The SMILES string of the molecule is Cc1ccc(NC(=O)COC(=O)c2ccc(/C=C3\SC(=O)N(CC(=O)Nc4ccccc4)C3=O)cc2)cc1. The summed E-state index contributed by atoms with van der Waals surface area (Å²) >= 11 is 0.731. The molecule has 0 unspecified atom stereocenters. The number of esters is 1. The highest BCUT2D eigenvalue weighted by Gasteiger charge is 2.36. The quantitative estimate of drug-likeness (QED) is 0.326. The van der Waals surface area contributed by atoms with Gasteiger partial charge in [0.05, 0.1) is 10.5 Å². The Morgan fingerprint density at radius 3 is 2.16 bits per heavy atom. The van der Waals surface area contributed by atoms with Crippen molar-refractivity contribution < 1.29 is 28.7 Å². The van der Waals surface area contributed by atoms with E-state index in [2.05, 4.69) is 10.6 Å². The predicted molar refractivity (Wildman–Crippen MR) is 144 cm³/mol. The van der Waals surface area contributed by atoms with E-state index < -0.39 is 42.1 Å². The third-order valence-corrected chi connectivity index (χ3v) is 6.25. The van der Waals surface area contributed by atoms with Gasteiger partial charge in [0.25, 0.3) is 17.1 Å². The van der Waals surface area contributed by atoms with Crippen molar-refractivity contribution in [2.75, 3.05) is 23.8 Å². The fraction of sp³-hybridized carbons (Fsp3) is 0.107. The van der Waals surface area contributed by atoms with Crippen molar-refractivity contribution in [3.63, 3.8) is 0 Å². The summed E-state index contributed by atoms with van der Waals surface area (Å²) < 4.78 is 5.07. The summed E-state index contributed by atoms with van der Waals surface area (Å²) in [7, 11) is 0. The van der Waals surface area contributed by atoms with Gasteiger partial charge in [0.15, 0.2) is 6.61 Å². The van der Waals surface area contributed by atoms with Gasteiger partial charge >= 0.3 is 5.97 Å². The molecule has 4 amide bonds. The fourth-order valence-electron chi connectivity index (χ4n) is 3.42. The Morgan fingerprint density at radius 2 is 1.47 bits per heavy atom. The minimum absolute atomic E-state index is 0.158. The van der Waals surface area contributed by atoms with Crippen LogP contribution in [0.5, 0.6) is 0 Å². The average Bonchev–Trinajstić information content (AvgIpc) is 3.16. The second kappa shape index (κ2) is 12.0. The molecule has 10 heteroatoms. The average molecular weight is 530 g/mol. The molecule has 0 radical (unpaired) electrons. The number of nitrogens with zero attached hydrogens (tertiary/aromatic N) is 1. The maximum atomic E-state index is 12.7. The zero-order valence-corrected chi connectivity index (χ0v) is 21.1. The molecular weight excluding hydrogens is 506 g/mol. The van der Waals surface area contributed by atoms with Crippen molar-refractivity contribution in [1.29, 1.82) is 0 Å². The van der Waals surface area contributed by atoms with E-state index in [4.69, 9.17) is 4.74 Å². The van der Waals surface area contributed by atoms with Gasteiger partial charge in [-0.25, -0.2) is 4.79 Å². The van der Waals surface area contributed by atoms with Crippen LogP contribution in [0.15, 0.2) is 83.8 Å². The Hall–Kier alpha value is -4.70. The van der Waals surface area contributed by atoms with E-state index in [-0.39, 0.29) is 10.5 Å². The van der Waals surface area contributed by atoms with Gasteiger partial charge in [0, 0.05) is 11.4 Å².